The number of benzene rings is 1. The van der Waals surface area contributed by atoms with Crippen LogP contribution in [-0.2, 0) is 0 Å². The van der Waals surface area contributed by atoms with E-state index in [9.17, 15) is 27.5 Å². The normalized spacial score (nSPS) is 21.1. The summed E-state index contributed by atoms with van der Waals surface area (Å²) in [7, 11) is 0. The summed E-state index contributed by atoms with van der Waals surface area (Å²) in [6.45, 7) is 2.29. The minimum Gasteiger partial charge on any atom is -0.389 e. The summed E-state index contributed by atoms with van der Waals surface area (Å²) < 4.78 is 62.4. The Bertz CT molecular complexity index is 1090. The van der Waals surface area contributed by atoms with E-state index in [1.165, 1.54) is 26.0 Å². The lowest BCUT2D eigenvalue weighted by molar-refractivity contribution is -0.187. The second-order valence-electron chi connectivity index (χ2n) is 9.16. The molecule has 7 nitrogen and oxygen atoms in total. The van der Waals surface area contributed by atoms with E-state index in [-0.39, 0.29) is 27.9 Å². The molecule has 2 atom stereocenters. The van der Waals surface area contributed by atoms with Crippen LogP contribution in [0.5, 0.6) is 0 Å². The van der Waals surface area contributed by atoms with Gasteiger partial charge in [0, 0.05) is 12.3 Å². The first kappa shape index (κ1) is 24.5. The molecule has 0 spiro atoms. The predicted molar refractivity (Wildman–Crippen MR) is 116 cm³/mol. The third kappa shape index (κ3) is 4.76. The number of nitrogens with zero attached hydrogens (tertiary/aromatic N) is 3. The third-order valence-electron chi connectivity index (χ3n) is 5.81. The van der Waals surface area contributed by atoms with Crippen molar-refractivity contribution in [3.05, 3.63) is 40.4 Å². The Balaban J connectivity index is 1.82. The fourth-order valence-electron chi connectivity index (χ4n) is 4.07. The highest BCUT2D eigenvalue weighted by Crippen LogP contribution is 2.43. The van der Waals surface area contributed by atoms with Gasteiger partial charge in [-0.3, -0.25) is 9.80 Å². The average Bonchev–Trinajstić information content (AvgIpc) is 3.27. The minimum absolute atomic E-state index is 0.0753. The van der Waals surface area contributed by atoms with E-state index in [4.69, 9.17) is 16.1 Å². The van der Waals surface area contributed by atoms with Crippen molar-refractivity contribution in [1.29, 1.82) is 0 Å². The van der Waals surface area contributed by atoms with Crippen molar-refractivity contribution >= 4 is 23.7 Å². The highest BCUT2D eigenvalue weighted by molar-refractivity contribution is 6.33. The van der Waals surface area contributed by atoms with Crippen LogP contribution in [0.3, 0.4) is 0 Å². The van der Waals surface area contributed by atoms with Crippen LogP contribution in [0.1, 0.15) is 55.1 Å². The summed E-state index contributed by atoms with van der Waals surface area (Å²) in [5.41, 5.74) is -2.34. The minimum atomic E-state index is -4.79. The molecule has 12 heteroatoms. The smallest absolute Gasteiger partial charge is 0.389 e. The Morgan fingerprint density at radius 1 is 1.32 bits per heavy atom. The topological polar surface area (TPSA) is 91.0 Å². The van der Waals surface area contributed by atoms with E-state index in [1.807, 2.05) is 0 Å². The van der Waals surface area contributed by atoms with Gasteiger partial charge in [-0.1, -0.05) is 22.8 Å². The molecule has 1 aliphatic heterocycles. The number of hydrogen-bond donors (Lipinski definition) is 2. The maximum absolute atomic E-state index is 14.7. The van der Waals surface area contributed by atoms with Crippen LogP contribution in [0.15, 0.2) is 27.8 Å². The first-order chi connectivity index (χ1) is 15.9. The number of alkyl halides is 3. The SMILES string of the molecule is CC(C)(O)CN1N=CC(c2onc(-c3c(F)cccc3Cl)c2C(=O)NC2CCC2)C1C(F)(F)F. The van der Waals surface area contributed by atoms with Gasteiger partial charge in [0.25, 0.3) is 5.91 Å². The van der Waals surface area contributed by atoms with Crippen molar-refractivity contribution in [2.24, 2.45) is 5.10 Å². The molecule has 1 saturated carbocycles. The van der Waals surface area contributed by atoms with E-state index < -0.39 is 47.8 Å². The van der Waals surface area contributed by atoms with Crippen molar-refractivity contribution in [2.75, 3.05) is 6.54 Å². The Hall–Kier alpha value is -2.66. The molecule has 0 bridgehead atoms. The fourth-order valence-corrected chi connectivity index (χ4v) is 4.32. The zero-order valence-electron chi connectivity index (χ0n) is 18.4. The lowest BCUT2D eigenvalue weighted by Crippen LogP contribution is -2.48. The summed E-state index contributed by atoms with van der Waals surface area (Å²) in [6, 6.07) is 1.45. The van der Waals surface area contributed by atoms with E-state index in [1.54, 1.807) is 0 Å². The average molecular weight is 503 g/mol. The number of carbonyl (C=O) groups is 1. The predicted octanol–water partition coefficient (Wildman–Crippen LogP) is 4.50. The number of hydrazone groups is 1. The number of rotatable bonds is 6. The molecular weight excluding hydrogens is 480 g/mol. The van der Waals surface area contributed by atoms with Crippen LogP contribution in [0.25, 0.3) is 11.3 Å². The van der Waals surface area contributed by atoms with Gasteiger partial charge >= 0.3 is 6.18 Å². The molecule has 2 aromatic rings. The quantitative estimate of drug-likeness (QED) is 0.567. The number of aliphatic hydroxyl groups is 1. The molecule has 184 valence electrons. The van der Waals surface area contributed by atoms with Crippen LogP contribution < -0.4 is 5.32 Å². The molecular formula is C22H23ClF4N4O3. The van der Waals surface area contributed by atoms with Crippen molar-refractivity contribution < 1.29 is 32.0 Å². The molecule has 0 radical (unpaired) electrons. The van der Waals surface area contributed by atoms with Crippen molar-refractivity contribution in [1.82, 2.24) is 15.5 Å². The zero-order valence-corrected chi connectivity index (χ0v) is 19.1. The lowest BCUT2D eigenvalue weighted by Gasteiger charge is -2.32. The third-order valence-corrected chi connectivity index (χ3v) is 6.12. The summed E-state index contributed by atoms with van der Waals surface area (Å²) in [5.74, 6) is -3.50. The van der Waals surface area contributed by atoms with Gasteiger partial charge in [-0.25, -0.2) is 4.39 Å². The number of nitrogens with one attached hydrogen (secondary N) is 1. The highest BCUT2D eigenvalue weighted by atomic mass is 35.5. The van der Waals surface area contributed by atoms with Crippen molar-refractivity contribution in [3.8, 4) is 11.3 Å². The van der Waals surface area contributed by atoms with E-state index in [2.05, 4.69) is 15.6 Å². The molecule has 1 aliphatic carbocycles. The van der Waals surface area contributed by atoms with E-state index in [0.29, 0.717) is 5.01 Å². The second-order valence-corrected chi connectivity index (χ2v) is 9.56. The number of aromatic nitrogens is 1. The second kappa shape index (κ2) is 8.84. The number of halogens is 5. The molecule has 2 heterocycles. The van der Waals surface area contributed by atoms with Crippen LogP contribution >= 0.6 is 11.6 Å². The molecule has 0 saturated heterocycles. The molecule has 2 aliphatic rings. The molecule has 1 amide bonds. The number of β-amino-alcohol motifs (C(OH)–C–C–N with tert-alkyl or cyclic N) is 1. The maximum Gasteiger partial charge on any atom is 0.411 e. The van der Waals surface area contributed by atoms with Gasteiger partial charge in [0.1, 0.15) is 17.1 Å². The maximum atomic E-state index is 14.7. The molecule has 2 N–H and O–H groups in total. The first-order valence-corrected chi connectivity index (χ1v) is 11.1. The Labute approximate surface area is 197 Å². The Kier molecular flexibility index (Phi) is 6.36. The van der Waals surface area contributed by atoms with Crippen LogP contribution in [0, 0.1) is 5.82 Å². The molecule has 34 heavy (non-hydrogen) atoms. The van der Waals surface area contributed by atoms with Gasteiger partial charge in [0.2, 0.25) is 0 Å². The van der Waals surface area contributed by atoms with Gasteiger partial charge < -0.3 is 14.9 Å². The van der Waals surface area contributed by atoms with Crippen molar-refractivity contribution in [2.45, 2.75) is 62.9 Å². The van der Waals surface area contributed by atoms with Crippen LogP contribution in [0.2, 0.25) is 5.02 Å². The first-order valence-electron chi connectivity index (χ1n) is 10.7. The van der Waals surface area contributed by atoms with Gasteiger partial charge in [-0.05, 0) is 45.2 Å². The standard InChI is InChI=1S/C22H23ClF4N4O3/c1-21(2,33)10-31-19(22(25,26)27)12(9-28-31)18-16(20(32)29-11-5-3-6-11)17(30-34-18)15-13(23)7-4-8-14(15)24/h4,7-9,11-12,19,33H,3,5-6,10H2,1-2H3,(H,29,32). The number of hydrogen-bond acceptors (Lipinski definition) is 6. The number of amides is 1. The molecule has 2 unspecified atom stereocenters. The molecule has 4 rings (SSSR count). The van der Waals surface area contributed by atoms with E-state index >= 15 is 0 Å². The highest BCUT2D eigenvalue weighted by Gasteiger charge is 2.54. The van der Waals surface area contributed by atoms with Gasteiger partial charge in [0.15, 0.2) is 11.8 Å². The fraction of sp³-hybridized carbons (Fsp3) is 0.500. The zero-order chi connectivity index (χ0) is 24.8. The molecule has 1 aromatic heterocycles. The largest absolute Gasteiger partial charge is 0.411 e. The Morgan fingerprint density at radius 2 is 2.03 bits per heavy atom. The van der Waals surface area contributed by atoms with Crippen LogP contribution in [-0.4, -0.2) is 57.8 Å². The Morgan fingerprint density at radius 3 is 2.59 bits per heavy atom. The summed E-state index contributed by atoms with van der Waals surface area (Å²) in [5, 5.41) is 21.1. The molecule has 1 aromatic carbocycles. The van der Waals surface area contributed by atoms with Crippen molar-refractivity contribution in [3.63, 3.8) is 0 Å². The summed E-state index contributed by atoms with van der Waals surface area (Å²) in [6.07, 6.45) is -1.45. The monoisotopic (exact) mass is 502 g/mol. The van der Waals surface area contributed by atoms with Gasteiger partial charge in [0.05, 0.1) is 28.6 Å². The van der Waals surface area contributed by atoms with E-state index in [0.717, 1.165) is 31.5 Å². The lowest BCUT2D eigenvalue weighted by atomic mass is 9.90. The summed E-state index contributed by atoms with van der Waals surface area (Å²) >= 11 is 6.16. The van der Waals surface area contributed by atoms with Gasteiger partial charge in [-0.15, -0.1) is 0 Å². The number of carbonyl (C=O) groups excluding carboxylic acids is 1. The van der Waals surface area contributed by atoms with Gasteiger partial charge in [-0.2, -0.15) is 18.3 Å². The van der Waals surface area contributed by atoms with Crippen LogP contribution in [0.4, 0.5) is 17.6 Å². The summed E-state index contributed by atoms with van der Waals surface area (Å²) in [4.78, 5) is 13.2. The molecule has 1 fully saturated rings.